The Hall–Kier alpha value is -3.22. The predicted molar refractivity (Wildman–Crippen MR) is 134 cm³/mol. The number of nitrogens with one attached hydrogen (secondary N) is 1. The number of hydrogen-bond acceptors (Lipinski definition) is 5. The summed E-state index contributed by atoms with van der Waals surface area (Å²) in [6, 6.07) is 21.8. The zero-order chi connectivity index (χ0) is 23.5. The van der Waals surface area contributed by atoms with Gasteiger partial charge in [-0.3, -0.25) is 9.59 Å². The van der Waals surface area contributed by atoms with Gasteiger partial charge in [-0.25, -0.2) is 4.90 Å². The quantitative estimate of drug-likeness (QED) is 0.395. The fraction of sp³-hybridized carbons (Fsp3) is 0.154. The number of rotatable bonds is 7. The summed E-state index contributed by atoms with van der Waals surface area (Å²) in [4.78, 5) is 29.2. The lowest BCUT2D eigenvalue weighted by Crippen LogP contribution is -2.32. The van der Waals surface area contributed by atoms with Gasteiger partial charge < -0.3 is 10.1 Å². The van der Waals surface area contributed by atoms with Crippen molar-refractivity contribution in [2.24, 2.45) is 0 Å². The highest BCUT2D eigenvalue weighted by atomic mass is 35.5. The Kier molecular flexibility index (Phi) is 6.77. The van der Waals surface area contributed by atoms with Gasteiger partial charge in [0.05, 0.1) is 12.8 Å². The summed E-state index contributed by atoms with van der Waals surface area (Å²) in [5.74, 6) is 0.251. The lowest BCUT2D eigenvalue weighted by molar-refractivity contribution is -0.120. The number of carbonyl (C=O) groups is 2. The normalized spacial score (nSPS) is 13.8. The Morgan fingerprint density at radius 3 is 2.09 bits per heavy atom. The van der Waals surface area contributed by atoms with Crippen molar-refractivity contribution in [3.05, 3.63) is 94.0 Å². The minimum absolute atomic E-state index is 0.244. The van der Waals surface area contributed by atoms with Gasteiger partial charge in [0.15, 0.2) is 0 Å². The van der Waals surface area contributed by atoms with E-state index in [1.54, 1.807) is 43.5 Å². The van der Waals surface area contributed by atoms with Crippen molar-refractivity contribution in [1.29, 1.82) is 0 Å². The molecule has 0 aromatic heterocycles. The summed E-state index contributed by atoms with van der Waals surface area (Å²) in [7, 11) is 1.57. The smallest absolute Gasteiger partial charge is 0.283 e. The molecule has 0 spiro atoms. The summed E-state index contributed by atoms with van der Waals surface area (Å²) in [5, 5.41) is 3.79. The molecule has 0 bridgehead atoms. The number of halogens is 1. The van der Waals surface area contributed by atoms with Crippen LogP contribution in [0.1, 0.15) is 25.3 Å². The fourth-order valence-electron chi connectivity index (χ4n) is 3.40. The second kappa shape index (κ2) is 9.73. The van der Waals surface area contributed by atoms with Crippen LogP contribution in [0.3, 0.4) is 0 Å². The molecule has 1 aliphatic rings. The van der Waals surface area contributed by atoms with E-state index in [-0.39, 0.29) is 11.6 Å². The molecule has 168 valence electrons. The molecule has 0 atom stereocenters. The molecule has 7 heteroatoms. The third kappa shape index (κ3) is 4.92. The van der Waals surface area contributed by atoms with Crippen LogP contribution in [0.2, 0.25) is 5.02 Å². The van der Waals surface area contributed by atoms with E-state index in [0.29, 0.717) is 27.3 Å². The van der Waals surface area contributed by atoms with Crippen molar-refractivity contribution in [3.8, 4) is 5.75 Å². The zero-order valence-electron chi connectivity index (χ0n) is 18.5. The number of hydrogen-bond donors (Lipinski definition) is 1. The SMILES string of the molecule is COc1ccc(N2C(=O)C(Nc3ccc(C(C)C)cc3)=C(Sc3ccc(Cl)cc3)C2=O)cc1. The molecule has 4 rings (SSSR count). The highest BCUT2D eigenvalue weighted by Crippen LogP contribution is 2.38. The van der Waals surface area contributed by atoms with Crippen LogP contribution in [0.4, 0.5) is 11.4 Å². The van der Waals surface area contributed by atoms with Crippen LogP contribution in [0.15, 0.2) is 88.3 Å². The van der Waals surface area contributed by atoms with Crippen LogP contribution in [0.5, 0.6) is 5.75 Å². The van der Waals surface area contributed by atoms with Crippen molar-refractivity contribution in [3.63, 3.8) is 0 Å². The molecule has 0 radical (unpaired) electrons. The number of thioether (sulfide) groups is 1. The lowest BCUT2D eigenvalue weighted by atomic mass is 10.0. The lowest BCUT2D eigenvalue weighted by Gasteiger charge is -2.16. The van der Waals surface area contributed by atoms with Gasteiger partial charge in [-0.15, -0.1) is 0 Å². The zero-order valence-corrected chi connectivity index (χ0v) is 20.0. The Morgan fingerprint density at radius 2 is 1.52 bits per heavy atom. The summed E-state index contributed by atoms with van der Waals surface area (Å²) < 4.78 is 5.20. The van der Waals surface area contributed by atoms with Crippen molar-refractivity contribution < 1.29 is 14.3 Å². The average Bonchev–Trinajstić information content (AvgIpc) is 3.05. The molecule has 3 aromatic rings. The number of carbonyl (C=O) groups excluding carboxylic acids is 2. The van der Waals surface area contributed by atoms with Crippen molar-refractivity contribution >= 4 is 46.6 Å². The summed E-state index contributed by atoms with van der Waals surface area (Å²) >= 11 is 7.24. The molecule has 0 saturated heterocycles. The van der Waals surface area contributed by atoms with Crippen LogP contribution in [0.25, 0.3) is 0 Å². The van der Waals surface area contributed by atoms with Crippen molar-refractivity contribution in [2.75, 3.05) is 17.3 Å². The average molecular weight is 479 g/mol. The molecule has 33 heavy (non-hydrogen) atoms. The minimum atomic E-state index is -0.408. The molecule has 0 unspecified atom stereocenters. The molecule has 1 heterocycles. The topological polar surface area (TPSA) is 58.6 Å². The van der Waals surface area contributed by atoms with Crippen molar-refractivity contribution in [2.45, 2.75) is 24.7 Å². The van der Waals surface area contributed by atoms with Gasteiger partial charge in [-0.1, -0.05) is 49.3 Å². The number of nitrogens with zero attached hydrogens (tertiary/aromatic N) is 1. The first-order valence-corrected chi connectivity index (χ1v) is 11.6. The maximum Gasteiger partial charge on any atom is 0.283 e. The largest absolute Gasteiger partial charge is 0.497 e. The molecular formula is C26H23ClN2O3S. The van der Waals surface area contributed by atoms with E-state index >= 15 is 0 Å². The second-order valence-corrected chi connectivity index (χ2v) is 9.33. The van der Waals surface area contributed by atoms with Gasteiger partial charge in [0.2, 0.25) is 0 Å². The monoisotopic (exact) mass is 478 g/mol. The van der Waals surface area contributed by atoms with Gasteiger partial charge >= 0.3 is 0 Å². The molecule has 0 fully saturated rings. The van der Waals surface area contributed by atoms with E-state index in [1.165, 1.54) is 22.2 Å². The van der Waals surface area contributed by atoms with E-state index in [1.807, 2.05) is 36.4 Å². The van der Waals surface area contributed by atoms with Crippen LogP contribution in [-0.2, 0) is 9.59 Å². The minimum Gasteiger partial charge on any atom is -0.497 e. The first kappa shape index (κ1) is 23.0. The third-order valence-electron chi connectivity index (χ3n) is 5.25. The van der Waals surface area contributed by atoms with Crippen LogP contribution in [0, 0.1) is 0 Å². The Bertz CT molecular complexity index is 1200. The molecule has 5 nitrogen and oxygen atoms in total. The fourth-order valence-corrected chi connectivity index (χ4v) is 4.45. The van der Waals surface area contributed by atoms with E-state index in [2.05, 4.69) is 19.2 Å². The van der Waals surface area contributed by atoms with Gasteiger partial charge in [0, 0.05) is 15.6 Å². The highest BCUT2D eigenvalue weighted by molar-refractivity contribution is 8.04. The molecule has 2 amide bonds. The van der Waals surface area contributed by atoms with Crippen LogP contribution < -0.4 is 15.0 Å². The molecule has 0 aliphatic carbocycles. The first-order valence-electron chi connectivity index (χ1n) is 10.4. The van der Waals surface area contributed by atoms with E-state index in [9.17, 15) is 9.59 Å². The first-order chi connectivity index (χ1) is 15.9. The number of amides is 2. The Morgan fingerprint density at radius 1 is 0.879 bits per heavy atom. The number of ether oxygens (including phenoxy) is 1. The van der Waals surface area contributed by atoms with Gasteiger partial charge in [-0.2, -0.15) is 0 Å². The van der Waals surface area contributed by atoms with Crippen LogP contribution >= 0.6 is 23.4 Å². The maximum absolute atomic E-state index is 13.4. The Labute approximate surface area is 202 Å². The third-order valence-corrected chi connectivity index (χ3v) is 6.59. The van der Waals surface area contributed by atoms with Crippen molar-refractivity contribution in [1.82, 2.24) is 0 Å². The van der Waals surface area contributed by atoms with Crippen LogP contribution in [-0.4, -0.2) is 18.9 Å². The number of benzene rings is 3. The Balaban J connectivity index is 1.70. The molecule has 1 N–H and O–H groups in total. The van der Waals surface area contributed by atoms with E-state index in [4.69, 9.17) is 16.3 Å². The van der Waals surface area contributed by atoms with E-state index in [0.717, 1.165) is 10.6 Å². The second-order valence-electron chi connectivity index (χ2n) is 7.81. The summed E-state index contributed by atoms with van der Waals surface area (Å²) in [6.07, 6.45) is 0. The van der Waals surface area contributed by atoms with Gasteiger partial charge in [0.25, 0.3) is 11.8 Å². The molecule has 0 saturated carbocycles. The summed E-state index contributed by atoms with van der Waals surface area (Å²) in [6.45, 7) is 4.25. The highest BCUT2D eigenvalue weighted by Gasteiger charge is 2.40. The number of anilines is 2. The molecule has 1 aliphatic heterocycles. The van der Waals surface area contributed by atoms with Gasteiger partial charge in [0.1, 0.15) is 16.4 Å². The maximum atomic E-state index is 13.4. The van der Waals surface area contributed by atoms with Gasteiger partial charge in [-0.05, 0) is 72.1 Å². The standard InChI is InChI=1S/C26H23ClN2O3S/c1-16(2)17-4-8-19(9-5-17)28-23-24(33-22-14-6-18(27)7-15-22)26(31)29(25(23)30)20-10-12-21(32-3)13-11-20/h4-16,28H,1-3H3. The number of imide groups is 1. The number of methoxy groups -OCH3 is 1. The summed E-state index contributed by atoms with van der Waals surface area (Å²) in [5.41, 5.74) is 2.65. The molecule has 3 aromatic carbocycles. The molecular weight excluding hydrogens is 456 g/mol. The predicted octanol–water partition coefficient (Wildman–Crippen LogP) is 6.46. The van der Waals surface area contributed by atoms with E-state index < -0.39 is 5.91 Å².